The molecule has 0 saturated carbocycles. The fraction of sp³-hybridized carbons (Fsp3) is 0.607. The first kappa shape index (κ1) is 25.0. The van der Waals surface area contributed by atoms with Crippen LogP contribution in [0.3, 0.4) is 0 Å². The van der Waals surface area contributed by atoms with Crippen LogP contribution in [0.5, 0.6) is 0 Å². The third-order valence-corrected chi connectivity index (χ3v) is 7.82. The zero-order valence-electron chi connectivity index (χ0n) is 20.4. The highest BCUT2D eigenvalue weighted by Crippen LogP contribution is 2.36. The molecule has 1 unspecified atom stereocenters. The minimum Gasteiger partial charge on any atom is -0.299 e. The molecule has 0 aromatic heterocycles. The fourth-order valence-corrected chi connectivity index (χ4v) is 5.88. The topological polar surface area (TPSA) is 30.3 Å². The lowest BCUT2D eigenvalue weighted by atomic mass is 9.86. The summed E-state index contributed by atoms with van der Waals surface area (Å²) in [5.74, 6) is 1.34. The Morgan fingerprint density at radius 2 is 1.88 bits per heavy atom. The van der Waals surface area contributed by atoms with Crippen LogP contribution in [0.4, 0.5) is 13.2 Å². The Hall–Kier alpha value is -2.10. The smallest absolute Gasteiger partial charge is 0.299 e. The molecule has 0 radical (unpaired) electrons. The van der Waals surface area contributed by atoms with Crippen molar-refractivity contribution in [1.82, 2.24) is 9.80 Å². The van der Waals surface area contributed by atoms with Crippen LogP contribution in [-0.2, 0) is 13.0 Å². The Morgan fingerprint density at radius 3 is 2.53 bits per heavy atom. The van der Waals surface area contributed by atoms with Crippen LogP contribution in [-0.4, -0.2) is 48.2 Å². The molecule has 2 fully saturated rings. The maximum absolute atomic E-state index is 13.4. The molecule has 2 heterocycles. The van der Waals surface area contributed by atoms with Crippen molar-refractivity contribution in [3.05, 3.63) is 58.2 Å². The van der Waals surface area contributed by atoms with Crippen molar-refractivity contribution in [3.63, 3.8) is 0 Å². The number of rotatable bonds is 5. The molecule has 2 aliphatic heterocycles. The number of nitrogens with zero attached hydrogens (tertiary/aromatic N) is 3. The summed E-state index contributed by atoms with van der Waals surface area (Å²) in [4.78, 5) is 4.72. The zero-order chi connectivity index (χ0) is 24.3. The van der Waals surface area contributed by atoms with Gasteiger partial charge in [-0.15, -0.1) is 0 Å². The molecule has 2 saturated heterocycles. The molecule has 1 aromatic rings. The van der Waals surface area contributed by atoms with E-state index < -0.39 is 11.7 Å². The van der Waals surface area contributed by atoms with E-state index in [0.29, 0.717) is 12.3 Å². The van der Waals surface area contributed by atoms with E-state index in [-0.39, 0.29) is 11.6 Å². The third-order valence-electron chi connectivity index (χ3n) is 7.82. The maximum Gasteiger partial charge on any atom is 0.417 e. The quantitative estimate of drug-likeness (QED) is 0.513. The minimum atomic E-state index is -4.48. The zero-order valence-corrected chi connectivity index (χ0v) is 20.4. The molecule has 0 bridgehead atoms. The molecular formula is C28H36F3N3. The molecule has 0 amide bonds. The molecule has 34 heavy (non-hydrogen) atoms. The maximum atomic E-state index is 13.4. The second-order valence-electron chi connectivity index (χ2n) is 10.5. The summed E-state index contributed by atoms with van der Waals surface area (Å²) in [6, 6.07) is 8.34. The van der Waals surface area contributed by atoms with Gasteiger partial charge in [-0.2, -0.15) is 18.4 Å². The molecule has 3 nitrogen and oxygen atoms in total. The number of aryl methyl sites for hydroxylation is 1. The summed E-state index contributed by atoms with van der Waals surface area (Å²) in [6.07, 6.45) is 4.37. The Bertz CT molecular complexity index is 964. The van der Waals surface area contributed by atoms with Crippen molar-refractivity contribution in [2.75, 3.05) is 26.2 Å². The van der Waals surface area contributed by atoms with Gasteiger partial charge in [-0.05, 0) is 93.6 Å². The normalized spacial score (nSPS) is 25.5. The van der Waals surface area contributed by atoms with E-state index >= 15 is 0 Å². The Balaban J connectivity index is 1.31. The highest BCUT2D eigenvalue weighted by molar-refractivity contribution is 5.47. The monoisotopic (exact) mass is 471 g/mol. The van der Waals surface area contributed by atoms with E-state index in [4.69, 9.17) is 5.26 Å². The van der Waals surface area contributed by atoms with Crippen LogP contribution in [0.1, 0.15) is 55.7 Å². The van der Waals surface area contributed by atoms with Gasteiger partial charge in [-0.1, -0.05) is 37.3 Å². The van der Waals surface area contributed by atoms with Crippen LogP contribution in [0.15, 0.2) is 41.5 Å². The van der Waals surface area contributed by atoms with Crippen molar-refractivity contribution in [3.8, 4) is 6.07 Å². The van der Waals surface area contributed by atoms with E-state index in [2.05, 4.69) is 41.8 Å². The summed E-state index contributed by atoms with van der Waals surface area (Å²) in [7, 11) is 0. The second-order valence-corrected chi connectivity index (χ2v) is 10.5. The molecule has 1 aromatic carbocycles. The van der Waals surface area contributed by atoms with Crippen LogP contribution in [0.25, 0.3) is 0 Å². The van der Waals surface area contributed by atoms with Crippen LogP contribution in [0.2, 0.25) is 0 Å². The van der Waals surface area contributed by atoms with Gasteiger partial charge in [-0.25, -0.2) is 0 Å². The van der Waals surface area contributed by atoms with Gasteiger partial charge in [-0.3, -0.25) is 9.80 Å². The SMILES string of the molecule is Cc1cc(CN2CCC[C@@H](C)C2)ccc1CC1CCN(C2C=C(C(F)(F)F)C(C#N)=CC2)CC1. The molecule has 4 rings (SSSR count). The summed E-state index contributed by atoms with van der Waals surface area (Å²) in [6.45, 7) is 9.56. The second kappa shape index (κ2) is 10.7. The number of benzene rings is 1. The van der Waals surface area contributed by atoms with Gasteiger partial charge >= 0.3 is 6.18 Å². The predicted octanol–water partition coefficient (Wildman–Crippen LogP) is 6.19. The Labute approximate surface area is 201 Å². The van der Waals surface area contributed by atoms with Gasteiger partial charge in [0.05, 0.1) is 17.2 Å². The largest absolute Gasteiger partial charge is 0.417 e. The van der Waals surface area contributed by atoms with Crippen LogP contribution in [0, 0.1) is 30.1 Å². The Kier molecular flexibility index (Phi) is 7.84. The van der Waals surface area contributed by atoms with E-state index in [1.54, 1.807) is 6.07 Å². The lowest BCUT2D eigenvalue weighted by Gasteiger charge is -2.37. The van der Waals surface area contributed by atoms with Crippen molar-refractivity contribution in [2.24, 2.45) is 11.8 Å². The average Bonchev–Trinajstić information content (AvgIpc) is 2.80. The number of allylic oxidation sites excluding steroid dienone is 2. The van der Waals surface area contributed by atoms with E-state index in [1.807, 2.05) is 0 Å². The van der Waals surface area contributed by atoms with Gasteiger partial charge in [0.2, 0.25) is 0 Å². The minimum absolute atomic E-state index is 0.243. The predicted molar refractivity (Wildman–Crippen MR) is 129 cm³/mol. The summed E-state index contributed by atoms with van der Waals surface area (Å²) < 4.78 is 40.1. The number of alkyl halides is 3. The average molecular weight is 472 g/mol. The molecule has 184 valence electrons. The van der Waals surface area contributed by atoms with E-state index in [0.717, 1.165) is 44.8 Å². The summed E-state index contributed by atoms with van der Waals surface area (Å²) in [5.41, 5.74) is 3.12. The number of halogens is 3. The van der Waals surface area contributed by atoms with Crippen LogP contribution < -0.4 is 0 Å². The number of nitriles is 1. The Morgan fingerprint density at radius 1 is 1.12 bits per heavy atom. The van der Waals surface area contributed by atoms with Crippen molar-refractivity contribution >= 4 is 0 Å². The highest BCUT2D eigenvalue weighted by Gasteiger charge is 2.39. The summed E-state index contributed by atoms with van der Waals surface area (Å²) >= 11 is 0. The molecule has 6 heteroatoms. The number of hydrogen-bond acceptors (Lipinski definition) is 3. The first-order valence-corrected chi connectivity index (χ1v) is 12.7. The van der Waals surface area contributed by atoms with Gasteiger partial charge in [0.25, 0.3) is 0 Å². The molecule has 3 aliphatic rings. The molecule has 2 atom stereocenters. The first-order chi connectivity index (χ1) is 16.2. The van der Waals surface area contributed by atoms with E-state index in [1.165, 1.54) is 54.8 Å². The number of hydrogen-bond donors (Lipinski definition) is 0. The standard InChI is InChI=1S/C28H36F3N3/c1-20-4-3-11-33(18-20)19-23-5-6-24(21(2)14-23)15-22-9-12-34(13-10-22)26-8-7-25(17-32)27(16-26)28(29,30)31/h5-7,14,16,20,22,26H,3-4,8-13,15,18-19H2,1-2H3/t20-,26?/m1/s1. The molecule has 1 aliphatic carbocycles. The van der Waals surface area contributed by atoms with Crippen molar-refractivity contribution < 1.29 is 13.2 Å². The van der Waals surface area contributed by atoms with Crippen molar-refractivity contribution in [1.29, 1.82) is 5.26 Å². The van der Waals surface area contributed by atoms with Gasteiger partial charge in [0, 0.05) is 19.1 Å². The van der Waals surface area contributed by atoms with Crippen molar-refractivity contribution in [2.45, 2.75) is 71.1 Å². The number of piperidine rings is 2. The first-order valence-electron chi connectivity index (χ1n) is 12.7. The molecule has 0 N–H and O–H groups in total. The third kappa shape index (κ3) is 6.12. The van der Waals surface area contributed by atoms with Crippen LogP contribution >= 0.6 is 0 Å². The highest BCUT2D eigenvalue weighted by atomic mass is 19.4. The lowest BCUT2D eigenvalue weighted by molar-refractivity contribution is -0.0899. The van der Waals surface area contributed by atoms with Gasteiger partial charge in [0.15, 0.2) is 0 Å². The molecule has 0 spiro atoms. The number of likely N-dealkylation sites (tertiary alicyclic amines) is 2. The van der Waals surface area contributed by atoms with Gasteiger partial charge < -0.3 is 0 Å². The van der Waals surface area contributed by atoms with Gasteiger partial charge in [0.1, 0.15) is 0 Å². The summed E-state index contributed by atoms with van der Waals surface area (Å²) in [5, 5.41) is 9.05. The molecular weight excluding hydrogens is 435 g/mol. The van der Waals surface area contributed by atoms with E-state index in [9.17, 15) is 13.2 Å². The fourth-order valence-electron chi connectivity index (χ4n) is 5.88. The lowest BCUT2D eigenvalue weighted by Crippen LogP contribution is -2.42.